The van der Waals surface area contributed by atoms with Crippen molar-refractivity contribution in [1.82, 2.24) is 4.98 Å². The number of hydrogen-bond acceptors (Lipinski definition) is 2. The zero-order valence-electron chi connectivity index (χ0n) is 12.7. The zero-order valence-corrected chi connectivity index (χ0v) is 15.1. The van der Waals surface area contributed by atoms with Gasteiger partial charge in [-0.3, -0.25) is 4.79 Å². The van der Waals surface area contributed by atoms with Crippen LogP contribution in [0.25, 0.3) is 11.3 Å². The van der Waals surface area contributed by atoms with Crippen LogP contribution < -0.4 is 0 Å². The quantitative estimate of drug-likeness (QED) is 0.391. The third-order valence-corrected chi connectivity index (χ3v) is 3.14. The predicted octanol–water partition coefficient (Wildman–Crippen LogP) is 4.51. The average Bonchev–Trinajstić information content (AvgIpc) is 2.54. The number of rotatable bonds is 3. The first-order valence-electron chi connectivity index (χ1n) is 6.58. The summed E-state index contributed by atoms with van der Waals surface area (Å²) in [5, 5.41) is 0. The second-order valence-electron chi connectivity index (χ2n) is 4.69. The molecule has 0 fully saturated rings. The van der Waals surface area contributed by atoms with Gasteiger partial charge in [0.2, 0.25) is 0 Å². The molecule has 0 unspecified atom stereocenters. The van der Waals surface area contributed by atoms with E-state index in [0.717, 1.165) is 12.1 Å². The molecule has 0 saturated heterocycles. The first kappa shape index (κ1) is 19.8. The molecule has 1 radical (unpaired) electrons. The summed E-state index contributed by atoms with van der Waals surface area (Å²) in [5.41, 5.74) is 1.52. The molecule has 3 aromatic rings. The van der Waals surface area contributed by atoms with Gasteiger partial charge in [0, 0.05) is 49.1 Å². The minimum atomic E-state index is -0.791. The molecule has 125 valence electrons. The molecule has 0 spiro atoms. The molecule has 0 aliphatic rings. The monoisotopic (exact) mass is 502 g/mol. The Morgan fingerprint density at radius 3 is 2.25 bits per heavy atom. The number of carbonyl (C=O) groups is 1. The van der Waals surface area contributed by atoms with Gasteiger partial charge in [-0.1, -0.05) is 48.5 Å². The van der Waals surface area contributed by atoms with E-state index in [-0.39, 0.29) is 38.9 Å². The molecule has 1 aromatic heterocycles. The molecule has 0 atom stereocenters. The summed E-state index contributed by atoms with van der Waals surface area (Å²) in [5.74, 6) is -1.65. The van der Waals surface area contributed by atoms with Crippen molar-refractivity contribution in [3.05, 3.63) is 97.0 Å². The Kier molecular flexibility index (Phi) is 7.08. The number of aromatic nitrogens is 1. The predicted molar refractivity (Wildman–Crippen MR) is 84.7 cm³/mol. The van der Waals surface area contributed by atoms with Crippen LogP contribution in [-0.2, 0) is 20.1 Å². The molecule has 0 bridgehead atoms. The number of hydrogen-bond donors (Lipinski definition) is 0. The van der Waals surface area contributed by atoms with Crippen LogP contribution in [0.5, 0.6) is 0 Å². The molecule has 24 heavy (non-hydrogen) atoms. The summed E-state index contributed by atoms with van der Waals surface area (Å²) in [6, 6.07) is 16.2. The molecule has 3 rings (SSSR count). The van der Waals surface area contributed by atoms with Crippen molar-refractivity contribution in [3.8, 4) is 11.3 Å². The van der Waals surface area contributed by atoms with Crippen molar-refractivity contribution in [1.29, 1.82) is 0 Å². The second kappa shape index (κ2) is 8.57. The standard InChI is InChI=1S/C18H10F2NO.CH3.Ir/c19-15-8-14(9-16(20)10-15)17-7-6-13(11-21-17)18(22)12-4-2-1-3-5-12;;/h1-8,10-11H;1H3;/q2*-1;. The number of pyridine rings is 1. The van der Waals surface area contributed by atoms with E-state index in [1.165, 1.54) is 6.20 Å². The smallest absolute Gasteiger partial charge is 0.194 e. The van der Waals surface area contributed by atoms with Crippen molar-refractivity contribution in [2.24, 2.45) is 0 Å². The van der Waals surface area contributed by atoms with E-state index in [4.69, 9.17) is 0 Å². The molecule has 2 aromatic carbocycles. The minimum Gasteiger partial charge on any atom is -0.358 e. The molecule has 2 nitrogen and oxygen atoms in total. The van der Waals surface area contributed by atoms with Crippen LogP contribution in [-0.4, -0.2) is 10.8 Å². The number of ketones is 1. The molecule has 0 aliphatic heterocycles. The first-order chi connectivity index (χ1) is 10.6. The van der Waals surface area contributed by atoms with Crippen LogP contribution in [0.3, 0.4) is 0 Å². The summed E-state index contributed by atoms with van der Waals surface area (Å²) in [7, 11) is 0. The van der Waals surface area contributed by atoms with Gasteiger partial charge in [0.05, 0.1) is 0 Å². The van der Waals surface area contributed by atoms with Crippen LogP contribution in [0.2, 0.25) is 0 Å². The van der Waals surface area contributed by atoms with Gasteiger partial charge >= 0.3 is 0 Å². The second-order valence-corrected chi connectivity index (χ2v) is 4.69. The molecule has 0 saturated carbocycles. The summed E-state index contributed by atoms with van der Waals surface area (Å²) < 4.78 is 26.4. The van der Waals surface area contributed by atoms with E-state index >= 15 is 0 Å². The largest absolute Gasteiger partial charge is 0.358 e. The molecule has 0 N–H and O–H groups in total. The number of carbonyl (C=O) groups excluding carboxylic acids is 1. The van der Waals surface area contributed by atoms with Gasteiger partial charge in [-0.2, -0.15) is 0 Å². The molecule has 0 amide bonds. The third kappa shape index (κ3) is 4.40. The van der Waals surface area contributed by atoms with Gasteiger partial charge in [-0.15, -0.1) is 17.7 Å². The van der Waals surface area contributed by atoms with E-state index in [2.05, 4.69) is 11.1 Å². The van der Waals surface area contributed by atoms with Gasteiger partial charge in [0.15, 0.2) is 5.78 Å². The zero-order chi connectivity index (χ0) is 15.5. The van der Waals surface area contributed by atoms with Crippen LogP contribution in [0.4, 0.5) is 8.78 Å². The Hall–Kier alpha value is -2.23. The summed E-state index contributed by atoms with van der Waals surface area (Å²) in [6.45, 7) is 0. The fourth-order valence-electron chi connectivity index (χ4n) is 2.08. The van der Waals surface area contributed by atoms with Crippen molar-refractivity contribution in [2.75, 3.05) is 0 Å². The Balaban J connectivity index is 0.00000144. The van der Waals surface area contributed by atoms with Crippen molar-refractivity contribution in [3.63, 3.8) is 0 Å². The van der Waals surface area contributed by atoms with Gasteiger partial charge in [0.1, 0.15) is 0 Å². The Morgan fingerprint density at radius 2 is 1.67 bits per heavy atom. The van der Waals surface area contributed by atoms with Crippen LogP contribution >= 0.6 is 0 Å². The van der Waals surface area contributed by atoms with E-state index in [1.54, 1.807) is 36.4 Å². The first-order valence-corrected chi connectivity index (χ1v) is 6.58. The van der Waals surface area contributed by atoms with Gasteiger partial charge in [0.25, 0.3) is 0 Å². The maximum Gasteiger partial charge on any atom is 0.194 e. The molecule has 1 heterocycles. The van der Waals surface area contributed by atoms with Crippen molar-refractivity contribution >= 4 is 5.78 Å². The molecular formula is C19H13F2IrNO-2. The van der Waals surface area contributed by atoms with Crippen molar-refractivity contribution in [2.45, 2.75) is 0 Å². The molecule has 0 aliphatic carbocycles. The van der Waals surface area contributed by atoms with Crippen molar-refractivity contribution < 1.29 is 33.7 Å². The Morgan fingerprint density at radius 1 is 0.958 bits per heavy atom. The Labute approximate surface area is 152 Å². The van der Waals surface area contributed by atoms with Crippen LogP contribution in [0.15, 0.2) is 60.8 Å². The topological polar surface area (TPSA) is 30.0 Å². The van der Waals surface area contributed by atoms with E-state index in [1.807, 2.05) is 6.07 Å². The van der Waals surface area contributed by atoms with Gasteiger partial charge in [-0.25, -0.2) is 8.78 Å². The van der Waals surface area contributed by atoms with E-state index in [9.17, 15) is 13.6 Å². The molecular weight excluding hydrogens is 488 g/mol. The fraction of sp³-hybridized carbons (Fsp3) is 0. The van der Waals surface area contributed by atoms with Crippen LogP contribution in [0, 0.1) is 25.1 Å². The SMILES string of the molecule is O=C(c1ccccc1)c1ccc(-c2[c-]c(F)cc(F)c2)nc1.[CH3-].[Ir]. The van der Waals surface area contributed by atoms with Crippen LogP contribution in [0.1, 0.15) is 15.9 Å². The summed E-state index contributed by atoms with van der Waals surface area (Å²) >= 11 is 0. The number of halogens is 2. The number of benzene rings is 2. The maximum atomic E-state index is 13.2. The molecule has 5 heteroatoms. The van der Waals surface area contributed by atoms with Gasteiger partial charge in [-0.05, 0) is 5.69 Å². The fourth-order valence-corrected chi connectivity index (χ4v) is 2.08. The number of nitrogens with zero attached hydrogens (tertiary/aromatic N) is 1. The minimum absolute atomic E-state index is 0. The Bertz CT molecular complexity index is 800. The average molecular weight is 502 g/mol. The van der Waals surface area contributed by atoms with Gasteiger partial charge < -0.3 is 12.4 Å². The van der Waals surface area contributed by atoms with E-state index in [0.29, 0.717) is 16.8 Å². The third-order valence-electron chi connectivity index (χ3n) is 3.14. The summed E-state index contributed by atoms with van der Waals surface area (Å²) in [4.78, 5) is 16.3. The van der Waals surface area contributed by atoms with E-state index < -0.39 is 11.6 Å². The normalized spacial score (nSPS) is 9.58. The summed E-state index contributed by atoms with van der Waals surface area (Å²) in [6.07, 6.45) is 1.39. The maximum absolute atomic E-state index is 13.2.